The summed E-state index contributed by atoms with van der Waals surface area (Å²) in [5, 5.41) is 0. The van der Waals surface area contributed by atoms with Crippen molar-refractivity contribution >= 4 is 23.4 Å². The number of carbonyl (C=O) groups excluding carboxylic acids is 2. The first kappa shape index (κ1) is 26.0. The highest BCUT2D eigenvalue weighted by molar-refractivity contribution is 5.91. The molecule has 10 heteroatoms. The van der Waals surface area contributed by atoms with Gasteiger partial charge < -0.3 is 20.3 Å². The molecule has 2 amide bonds. The van der Waals surface area contributed by atoms with E-state index < -0.39 is 29.3 Å². The lowest BCUT2D eigenvalue weighted by Crippen LogP contribution is -2.38. The molecule has 2 aromatic carbocycles. The van der Waals surface area contributed by atoms with Crippen LogP contribution < -0.4 is 10.6 Å². The van der Waals surface area contributed by atoms with Crippen LogP contribution in [0.3, 0.4) is 0 Å². The molecule has 0 radical (unpaired) electrons. The summed E-state index contributed by atoms with van der Waals surface area (Å²) in [6.45, 7) is 6.18. The van der Waals surface area contributed by atoms with Crippen molar-refractivity contribution < 1.29 is 27.5 Å². The summed E-state index contributed by atoms with van der Waals surface area (Å²) >= 11 is 0. The van der Waals surface area contributed by atoms with Crippen molar-refractivity contribution in [3.05, 3.63) is 77.5 Å². The molecule has 0 spiro atoms. The van der Waals surface area contributed by atoms with Gasteiger partial charge >= 0.3 is 12.3 Å². The third-order valence-corrected chi connectivity index (χ3v) is 5.78. The van der Waals surface area contributed by atoms with Crippen LogP contribution in [-0.2, 0) is 17.5 Å². The smallest absolute Gasteiger partial charge is 0.416 e. The number of ether oxygens (including phenoxy) is 1. The lowest BCUT2D eigenvalue weighted by atomic mass is 10.0. The second-order valence-corrected chi connectivity index (χ2v) is 9.71. The minimum atomic E-state index is -4.44. The van der Waals surface area contributed by atoms with Gasteiger partial charge in [-0.25, -0.2) is 9.78 Å². The van der Waals surface area contributed by atoms with Crippen LogP contribution in [0.5, 0.6) is 0 Å². The molecule has 4 rings (SSSR count). The normalized spacial score (nSPS) is 14.1. The van der Waals surface area contributed by atoms with Gasteiger partial charge in [-0.2, -0.15) is 13.2 Å². The average molecular weight is 513 g/mol. The zero-order valence-electron chi connectivity index (χ0n) is 20.7. The third kappa shape index (κ3) is 6.02. The predicted octanol–water partition coefficient (Wildman–Crippen LogP) is 5.76. The Morgan fingerprint density at radius 3 is 2.30 bits per heavy atom. The number of amides is 2. The third-order valence-electron chi connectivity index (χ3n) is 5.78. The van der Waals surface area contributed by atoms with Crippen molar-refractivity contribution in [2.75, 3.05) is 18.0 Å². The van der Waals surface area contributed by atoms with Gasteiger partial charge in [0, 0.05) is 30.0 Å². The molecular weight excluding hydrogens is 485 g/mol. The lowest BCUT2D eigenvalue weighted by molar-refractivity contribution is -0.137. The zero-order valence-corrected chi connectivity index (χ0v) is 20.7. The van der Waals surface area contributed by atoms with Crippen LogP contribution in [-0.4, -0.2) is 40.6 Å². The number of aromatic nitrogens is 1. The Bertz CT molecular complexity index is 1320. The molecule has 0 bridgehead atoms. The van der Waals surface area contributed by atoms with Crippen LogP contribution in [0.4, 0.5) is 29.3 Å². The molecule has 194 valence electrons. The van der Waals surface area contributed by atoms with Gasteiger partial charge in [-0.05, 0) is 74.9 Å². The minimum Gasteiger partial charge on any atom is -0.444 e. The summed E-state index contributed by atoms with van der Waals surface area (Å²) in [7, 11) is 0. The van der Waals surface area contributed by atoms with E-state index in [0.29, 0.717) is 23.5 Å². The van der Waals surface area contributed by atoms with Crippen molar-refractivity contribution in [1.82, 2.24) is 9.88 Å². The van der Waals surface area contributed by atoms with Gasteiger partial charge in [-0.3, -0.25) is 4.79 Å². The molecule has 37 heavy (non-hydrogen) atoms. The van der Waals surface area contributed by atoms with Gasteiger partial charge in [0.2, 0.25) is 0 Å². The van der Waals surface area contributed by atoms with Crippen LogP contribution in [0.2, 0.25) is 0 Å². The SMILES string of the molecule is CC(C)(C)OC(=O)N1CCN(c2ccc(C(F)(F)F)cc2)c2ccc(-c3cccc(C(N)=O)n3)cc2C1. The second-order valence-electron chi connectivity index (χ2n) is 9.71. The summed E-state index contributed by atoms with van der Waals surface area (Å²) in [6.07, 6.45) is -4.93. The Morgan fingerprint density at radius 2 is 1.68 bits per heavy atom. The number of anilines is 2. The number of carbonyl (C=O) groups is 2. The number of primary amides is 1. The Kier molecular flexibility index (Phi) is 6.86. The molecule has 1 aliphatic heterocycles. The van der Waals surface area contributed by atoms with Gasteiger partial charge in [-0.15, -0.1) is 0 Å². The largest absolute Gasteiger partial charge is 0.444 e. The number of halogens is 3. The average Bonchev–Trinajstić information content (AvgIpc) is 3.02. The molecule has 2 N–H and O–H groups in total. The van der Waals surface area contributed by atoms with Crippen molar-refractivity contribution in [3.63, 3.8) is 0 Å². The highest BCUT2D eigenvalue weighted by Gasteiger charge is 2.31. The molecule has 0 fully saturated rings. The number of benzene rings is 2. The van der Waals surface area contributed by atoms with Crippen molar-refractivity contribution in [1.29, 1.82) is 0 Å². The van der Waals surface area contributed by atoms with Gasteiger partial charge in [0.15, 0.2) is 0 Å². The quantitative estimate of drug-likeness (QED) is 0.482. The fraction of sp³-hybridized carbons (Fsp3) is 0.296. The fourth-order valence-corrected chi connectivity index (χ4v) is 4.07. The van der Waals surface area contributed by atoms with E-state index in [1.54, 1.807) is 37.8 Å². The Balaban J connectivity index is 1.76. The summed E-state index contributed by atoms with van der Waals surface area (Å²) in [5.41, 5.74) is 7.32. The summed E-state index contributed by atoms with van der Waals surface area (Å²) in [6, 6.07) is 15.3. The number of nitrogens with two attached hydrogens (primary N) is 1. The zero-order chi connectivity index (χ0) is 27.0. The highest BCUT2D eigenvalue weighted by Crippen LogP contribution is 2.36. The number of pyridine rings is 1. The highest BCUT2D eigenvalue weighted by atomic mass is 19.4. The predicted molar refractivity (Wildman–Crippen MR) is 133 cm³/mol. The van der Waals surface area contributed by atoms with Gasteiger partial charge in [0.05, 0.1) is 17.8 Å². The molecule has 7 nitrogen and oxygen atoms in total. The topological polar surface area (TPSA) is 88.8 Å². The van der Waals surface area contributed by atoms with E-state index in [4.69, 9.17) is 10.5 Å². The first-order chi connectivity index (χ1) is 17.3. The van der Waals surface area contributed by atoms with Crippen LogP contribution in [0.25, 0.3) is 11.3 Å². The number of alkyl halides is 3. The van der Waals surface area contributed by atoms with E-state index >= 15 is 0 Å². The molecule has 0 saturated heterocycles. The second kappa shape index (κ2) is 9.76. The molecule has 0 aliphatic carbocycles. The van der Waals surface area contributed by atoms with Crippen molar-refractivity contribution in [2.45, 2.75) is 39.1 Å². The van der Waals surface area contributed by atoms with Crippen LogP contribution in [0.15, 0.2) is 60.7 Å². The maximum Gasteiger partial charge on any atom is 0.416 e. The molecule has 0 atom stereocenters. The van der Waals surface area contributed by atoms with E-state index in [9.17, 15) is 22.8 Å². The number of hydrogen-bond donors (Lipinski definition) is 1. The molecule has 2 heterocycles. The van der Waals surface area contributed by atoms with Crippen molar-refractivity contribution in [2.24, 2.45) is 5.73 Å². The number of rotatable bonds is 3. The Hall–Kier alpha value is -4.08. The van der Waals surface area contributed by atoms with E-state index in [-0.39, 0.29) is 18.8 Å². The molecule has 0 unspecified atom stereocenters. The van der Waals surface area contributed by atoms with E-state index in [1.165, 1.54) is 18.2 Å². The van der Waals surface area contributed by atoms with E-state index in [1.807, 2.05) is 23.1 Å². The van der Waals surface area contributed by atoms with Gasteiger partial charge in [0.25, 0.3) is 5.91 Å². The number of fused-ring (bicyclic) bond motifs is 1. The summed E-state index contributed by atoms with van der Waals surface area (Å²) in [5.74, 6) is -0.652. The Morgan fingerprint density at radius 1 is 0.973 bits per heavy atom. The summed E-state index contributed by atoms with van der Waals surface area (Å²) in [4.78, 5) is 32.3. The van der Waals surface area contributed by atoms with Crippen LogP contribution in [0, 0.1) is 0 Å². The van der Waals surface area contributed by atoms with Crippen LogP contribution >= 0.6 is 0 Å². The molecule has 0 saturated carbocycles. The first-order valence-electron chi connectivity index (χ1n) is 11.6. The van der Waals surface area contributed by atoms with E-state index in [2.05, 4.69) is 4.98 Å². The number of hydrogen-bond acceptors (Lipinski definition) is 5. The van der Waals surface area contributed by atoms with E-state index in [0.717, 1.165) is 23.4 Å². The van der Waals surface area contributed by atoms with Crippen molar-refractivity contribution in [3.8, 4) is 11.3 Å². The fourth-order valence-electron chi connectivity index (χ4n) is 4.07. The maximum absolute atomic E-state index is 13.1. The minimum absolute atomic E-state index is 0.120. The molecule has 1 aromatic heterocycles. The molecule has 3 aromatic rings. The Labute approximate surface area is 212 Å². The number of nitrogens with zero attached hydrogens (tertiary/aromatic N) is 3. The monoisotopic (exact) mass is 512 g/mol. The summed E-state index contributed by atoms with van der Waals surface area (Å²) < 4.78 is 44.9. The maximum atomic E-state index is 13.1. The molecular formula is C27H27F3N4O3. The lowest BCUT2D eigenvalue weighted by Gasteiger charge is -2.27. The van der Waals surface area contributed by atoms with Gasteiger partial charge in [-0.1, -0.05) is 12.1 Å². The standard InChI is InChI=1S/C27H27F3N4O3/c1-26(2,3)37-25(36)33-13-14-34(20-10-8-19(9-11-20)27(28,29)30)23-12-7-17(15-18(23)16-33)21-5-4-6-22(32-21)24(31)35/h4-12,15H,13-14,16H2,1-3H3,(H2,31,35). The molecule has 1 aliphatic rings. The first-order valence-corrected chi connectivity index (χ1v) is 11.6. The van der Waals surface area contributed by atoms with Crippen LogP contribution in [0.1, 0.15) is 42.4 Å². The van der Waals surface area contributed by atoms with Gasteiger partial charge in [0.1, 0.15) is 11.3 Å².